The zero-order chi connectivity index (χ0) is 10.8. The second-order valence-corrected chi connectivity index (χ2v) is 3.35. The van der Waals surface area contributed by atoms with Gasteiger partial charge < -0.3 is 15.9 Å². The lowest BCUT2D eigenvalue weighted by Gasteiger charge is -2.06. The quantitative estimate of drug-likeness (QED) is 0.694. The van der Waals surface area contributed by atoms with Gasteiger partial charge in [0.2, 0.25) is 5.88 Å². The van der Waals surface area contributed by atoms with Gasteiger partial charge in [-0.25, -0.2) is 0 Å². The van der Waals surface area contributed by atoms with Crippen LogP contribution in [0.4, 0.5) is 5.69 Å². The van der Waals surface area contributed by atoms with E-state index in [1.54, 1.807) is 0 Å². The van der Waals surface area contributed by atoms with Crippen LogP contribution in [-0.4, -0.2) is 14.8 Å². The molecule has 0 aliphatic rings. The van der Waals surface area contributed by atoms with Gasteiger partial charge in [-0.3, -0.25) is 4.57 Å². The van der Waals surface area contributed by atoms with Gasteiger partial charge in [0.25, 0.3) is 0 Å². The van der Waals surface area contributed by atoms with Crippen molar-refractivity contribution >= 4 is 5.69 Å². The highest BCUT2D eigenvalue weighted by molar-refractivity contribution is 5.53. The Morgan fingerprint density at radius 1 is 1.13 bits per heavy atom. The molecule has 0 aliphatic carbocycles. The van der Waals surface area contributed by atoms with E-state index in [4.69, 9.17) is 5.73 Å². The third kappa shape index (κ3) is 1.74. The van der Waals surface area contributed by atoms with E-state index in [1.165, 1.54) is 10.6 Å². The molecule has 0 atom stereocenters. The van der Waals surface area contributed by atoms with Crippen molar-refractivity contribution < 1.29 is 10.2 Å². The van der Waals surface area contributed by atoms with Crippen LogP contribution in [0.2, 0.25) is 0 Å². The molecule has 1 aromatic carbocycles. The van der Waals surface area contributed by atoms with E-state index < -0.39 is 0 Å². The predicted molar refractivity (Wildman–Crippen MR) is 57.7 cm³/mol. The fourth-order valence-electron chi connectivity index (χ4n) is 1.47. The molecule has 0 bridgehead atoms. The third-order valence-electron chi connectivity index (χ3n) is 2.26. The number of nitrogens with two attached hydrogens (primary N) is 1. The van der Waals surface area contributed by atoms with Gasteiger partial charge in [-0.05, 0) is 5.56 Å². The van der Waals surface area contributed by atoms with Crippen molar-refractivity contribution in [3.05, 3.63) is 42.0 Å². The Morgan fingerprint density at radius 3 is 2.33 bits per heavy atom. The Balaban J connectivity index is 2.32. The van der Waals surface area contributed by atoms with Crippen LogP contribution in [0.25, 0.3) is 0 Å². The van der Waals surface area contributed by atoms with Crippen molar-refractivity contribution in [3.63, 3.8) is 0 Å². The first kappa shape index (κ1) is 9.45. The SMILES string of the molecule is Nc1cc(O)n(Cc2ccccc2)c1O. The van der Waals surface area contributed by atoms with Gasteiger partial charge in [0.15, 0.2) is 5.88 Å². The van der Waals surface area contributed by atoms with Crippen LogP contribution in [0.15, 0.2) is 36.4 Å². The fraction of sp³-hybridized carbons (Fsp3) is 0.0909. The molecule has 0 unspecified atom stereocenters. The van der Waals surface area contributed by atoms with Gasteiger partial charge >= 0.3 is 0 Å². The van der Waals surface area contributed by atoms with E-state index in [-0.39, 0.29) is 17.4 Å². The third-order valence-corrected chi connectivity index (χ3v) is 2.26. The minimum absolute atomic E-state index is 0.0335. The molecule has 4 N–H and O–H groups in total. The molecule has 1 heterocycles. The van der Waals surface area contributed by atoms with Crippen LogP contribution in [0.1, 0.15) is 5.56 Å². The van der Waals surface area contributed by atoms with Crippen molar-refractivity contribution in [2.75, 3.05) is 5.73 Å². The molecular weight excluding hydrogens is 192 g/mol. The second-order valence-electron chi connectivity index (χ2n) is 3.35. The molecule has 0 amide bonds. The average molecular weight is 204 g/mol. The molecule has 0 saturated carbocycles. The maximum Gasteiger partial charge on any atom is 0.218 e. The van der Waals surface area contributed by atoms with Gasteiger partial charge in [0.1, 0.15) is 0 Å². The summed E-state index contributed by atoms with van der Waals surface area (Å²) in [5.41, 5.74) is 6.63. The van der Waals surface area contributed by atoms with Crippen LogP contribution in [0, 0.1) is 0 Å². The van der Waals surface area contributed by atoms with E-state index >= 15 is 0 Å². The molecule has 0 fully saturated rings. The first-order valence-electron chi connectivity index (χ1n) is 4.59. The topological polar surface area (TPSA) is 71.4 Å². The van der Waals surface area contributed by atoms with Crippen molar-refractivity contribution in [1.82, 2.24) is 4.57 Å². The molecule has 0 saturated heterocycles. The molecular formula is C11H12N2O2. The summed E-state index contributed by atoms with van der Waals surface area (Å²) in [6, 6.07) is 10.9. The monoisotopic (exact) mass is 204 g/mol. The lowest BCUT2D eigenvalue weighted by atomic mass is 10.2. The molecule has 4 heteroatoms. The maximum atomic E-state index is 9.56. The minimum atomic E-state index is -0.101. The highest BCUT2D eigenvalue weighted by Gasteiger charge is 2.10. The molecule has 0 aliphatic heterocycles. The molecule has 1 aromatic heterocycles. The molecule has 78 valence electrons. The zero-order valence-corrected chi connectivity index (χ0v) is 8.09. The molecule has 4 nitrogen and oxygen atoms in total. The molecule has 2 aromatic rings. The van der Waals surface area contributed by atoms with E-state index in [9.17, 15) is 10.2 Å². The minimum Gasteiger partial charge on any atom is -0.494 e. The number of hydrogen-bond donors (Lipinski definition) is 3. The van der Waals surface area contributed by atoms with Gasteiger partial charge in [0, 0.05) is 6.07 Å². The van der Waals surface area contributed by atoms with Crippen molar-refractivity contribution in [1.29, 1.82) is 0 Å². The van der Waals surface area contributed by atoms with E-state index in [0.29, 0.717) is 6.54 Å². The number of aromatic nitrogens is 1. The average Bonchev–Trinajstić information content (AvgIpc) is 2.47. The Bertz CT molecular complexity index is 463. The summed E-state index contributed by atoms with van der Waals surface area (Å²) in [5, 5.41) is 19.1. The molecule has 0 radical (unpaired) electrons. The zero-order valence-electron chi connectivity index (χ0n) is 8.09. The molecule has 15 heavy (non-hydrogen) atoms. The number of aromatic hydroxyl groups is 2. The Morgan fingerprint density at radius 2 is 1.80 bits per heavy atom. The standard InChI is InChI=1S/C11H12N2O2/c12-9-6-10(14)13(11(9)15)7-8-4-2-1-3-5-8/h1-6,14-15H,7,12H2. The van der Waals surface area contributed by atoms with Crippen LogP contribution >= 0.6 is 0 Å². The summed E-state index contributed by atoms with van der Waals surface area (Å²) >= 11 is 0. The maximum absolute atomic E-state index is 9.56. The Kier molecular flexibility index (Phi) is 2.25. The first-order valence-corrected chi connectivity index (χ1v) is 4.59. The lowest BCUT2D eigenvalue weighted by molar-refractivity contribution is 0.378. The van der Waals surface area contributed by atoms with Crippen molar-refractivity contribution in [2.24, 2.45) is 0 Å². The van der Waals surface area contributed by atoms with Crippen LogP contribution in [-0.2, 0) is 6.54 Å². The predicted octanol–water partition coefficient (Wildman–Crippen LogP) is 1.53. The second kappa shape index (κ2) is 3.57. The summed E-state index contributed by atoms with van der Waals surface area (Å²) in [6.45, 7) is 0.399. The molecule has 2 rings (SSSR count). The van der Waals surface area contributed by atoms with Crippen LogP contribution in [0.5, 0.6) is 11.8 Å². The molecule has 0 spiro atoms. The Labute approximate surface area is 87.2 Å². The van der Waals surface area contributed by atoms with Gasteiger partial charge in [0.05, 0.1) is 12.2 Å². The number of hydrogen-bond acceptors (Lipinski definition) is 3. The summed E-state index contributed by atoms with van der Waals surface area (Å²) in [4.78, 5) is 0. The van der Waals surface area contributed by atoms with E-state index in [1.807, 2.05) is 30.3 Å². The number of anilines is 1. The number of rotatable bonds is 2. The lowest BCUT2D eigenvalue weighted by Crippen LogP contribution is -1.98. The van der Waals surface area contributed by atoms with Crippen molar-refractivity contribution in [2.45, 2.75) is 6.54 Å². The highest BCUT2D eigenvalue weighted by atomic mass is 16.3. The Hall–Kier alpha value is -2.10. The smallest absolute Gasteiger partial charge is 0.218 e. The fourth-order valence-corrected chi connectivity index (χ4v) is 1.47. The van der Waals surface area contributed by atoms with E-state index in [0.717, 1.165) is 5.56 Å². The van der Waals surface area contributed by atoms with Crippen molar-refractivity contribution in [3.8, 4) is 11.8 Å². The summed E-state index contributed by atoms with van der Waals surface area (Å²) < 4.78 is 1.35. The van der Waals surface area contributed by atoms with E-state index in [2.05, 4.69) is 0 Å². The van der Waals surface area contributed by atoms with Crippen LogP contribution in [0.3, 0.4) is 0 Å². The summed E-state index contributed by atoms with van der Waals surface area (Å²) in [7, 11) is 0. The van der Waals surface area contributed by atoms with Crippen LogP contribution < -0.4 is 5.73 Å². The van der Waals surface area contributed by atoms with Gasteiger partial charge in [-0.15, -0.1) is 0 Å². The summed E-state index contributed by atoms with van der Waals surface area (Å²) in [5.74, 6) is -0.134. The largest absolute Gasteiger partial charge is 0.494 e. The van der Waals surface area contributed by atoms with Gasteiger partial charge in [-0.2, -0.15) is 0 Å². The first-order chi connectivity index (χ1) is 7.18. The number of benzene rings is 1. The normalized spacial score (nSPS) is 10.4. The number of nitrogen functional groups attached to an aromatic ring is 1. The number of nitrogens with zero attached hydrogens (tertiary/aromatic N) is 1. The van der Waals surface area contributed by atoms with Gasteiger partial charge in [-0.1, -0.05) is 30.3 Å². The highest BCUT2D eigenvalue weighted by Crippen LogP contribution is 2.30. The summed E-state index contributed by atoms with van der Waals surface area (Å²) in [6.07, 6.45) is 0.